The second kappa shape index (κ2) is 5.34. The first-order valence-electron chi connectivity index (χ1n) is 5.11. The van der Waals surface area contributed by atoms with Crippen molar-refractivity contribution in [2.45, 2.75) is 6.92 Å². The first-order chi connectivity index (χ1) is 7.63. The Kier molecular flexibility index (Phi) is 4.10. The maximum absolute atomic E-state index is 11.9. The van der Waals surface area contributed by atoms with Crippen LogP contribution in [0, 0.1) is 0 Å². The third kappa shape index (κ3) is 2.42. The van der Waals surface area contributed by atoms with Crippen molar-refractivity contribution < 1.29 is 9.53 Å². The lowest BCUT2D eigenvalue weighted by atomic mass is 10.2. The van der Waals surface area contributed by atoms with E-state index in [2.05, 4.69) is 10.3 Å². The fraction of sp³-hybridized carbons (Fsp3) is 0.455. The molecular formula is C11H17N3O2. The Bertz CT molecular complexity index is 379. The molecule has 1 rings (SSSR count). The number of nitrogens with zero attached hydrogens (tertiary/aromatic N) is 2. The highest BCUT2D eigenvalue weighted by atomic mass is 16.5. The van der Waals surface area contributed by atoms with E-state index in [4.69, 9.17) is 4.74 Å². The number of anilines is 1. The molecule has 16 heavy (non-hydrogen) atoms. The van der Waals surface area contributed by atoms with Crippen LogP contribution in [0.3, 0.4) is 0 Å². The van der Waals surface area contributed by atoms with E-state index in [0.29, 0.717) is 23.7 Å². The summed E-state index contributed by atoms with van der Waals surface area (Å²) in [7, 11) is 5.06. The second-order valence-electron chi connectivity index (χ2n) is 3.34. The fourth-order valence-electron chi connectivity index (χ4n) is 1.27. The van der Waals surface area contributed by atoms with Crippen molar-refractivity contribution in [3.63, 3.8) is 0 Å². The van der Waals surface area contributed by atoms with Gasteiger partial charge in [0.1, 0.15) is 0 Å². The van der Waals surface area contributed by atoms with Gasteiger partial charge < -0.3 is 15.0 Å². The first-order valence-corrected chi connectivity index (χ1v) is 5.11. The molecular weight excluding hydrogens is 206 g/mol. The average Bonchev–Trinajstić information content (AvgIpc) is 2.35. The highest BCUT2D eigenvalue weighted by Crippen LogP contribution is 2.22. The molecule has 0 atom stereocenters. The van der Waals surface area contributed by atoms with Gasteiger partial charge in [-0.15, -0.1) is 0 Å². The number of carbonyl (C=O) groups is 1. The lowest BCUT2D eigenvalue weighted by Crippen LogP contribution is -2.26. The maximum atomic E-state index is 11.9. The van der Waals surface area contributed by atoms with Crippen LogP contribution in [-0.4, -0.2) is 43.5 Å². The maximum Gasteiger partial charge on any atom is 0.255 e. The molecule has 1 N–H and O–H groups in total. The van der Waals surface area contributed by atoms with Gasteiger partial charge in [0.15, 0.2) is 11.6 Å². The molecule has 1 amide bonds. The largest absolute Gasteiger partial charge is 0.493 e. The molecule has 0 fully saturated rings. The summed E-state index contributed by atoms with van der Waals surface area (Å²) in [6.45, 7) is 2.58. The van der Waals surface area contributed by atoms with Crippen molar-refractivity contribution in [1.29, 1.82) is 0 Å². The molecule has 1 heterocycles. The zero-order valence-corrected chi connectivity index (χ0v) is 10.1. The minimum atomic E-state index is -0.0593. The van der Waals surface area contributed by atoms with E-state index in [1.807, 2.05) is 6.92 Å². The molecule has 0 aliphatic heterocycles. The van der Waals surface area contributed by atoms with Crippen LogP contribution in [0.5, 0.6) is 5.75 Å². The Morgan fingerprint density at radius 3 is 2.81 bits per heavy atom. The third-order valence-electron chi connectivity index (χ3n) is 2.38. The number of methoxy groups -OCH3 is 1. The number of hydrogen-bond acceptors (Lipinski definition) is 4. The van der Waals surface area contributed by atoms with Crippen LogP contribution in [0.25, 0.3) is 0 Å². The molecule has 0 unspecified atom stereocenters. The monoisotopic (exact) mass is 223 g/mol. The van der Waals surface area contributed by atoms with Crippen molar-refractivity contribution in [2.75, 3.05) is 33.1 Å². The number of carbonyl (C=O) groups excluding carboxylic acids is 1. The molecule has 88 valence electrons. The average molecular weight is 223 g/mol. The zero-order valence-electron chi connectivity index (χ0n) is 10.1. The van der Waals surface area contributed by atoms with Crippen molar-refractivity contribution in [3.05, 3.63) is 17.8 Å². The number of hydrogen-bond donors (Lipinski definition) is 1. The number of amides is 1. The predicted molar refractivity (Wildman–Crippen MR) is 63.0 cm³/mol. The molecule has 0 saturated heterocycles. The third-order valence-corrected chi connectivity index (χ3v) is 2.38. The van der Waals surface area contributed by atoms with Crippen LogP contribution in [-0.2, 0) is 0 Å². The van der Waals surface area contributed by atoms with E-state index in [-0.39, 0.29) is 5.91 Å². The van der Waals surface area contributed by atoms with Crippen LogP contribution >= 0.6 is 0 Å². The molecule has 0 radical (unpaired) electrons. The summed E-state index contributed by atoms with van der Waals surface area (Å²) in [6, 6.07) is 1.69. The van der Waals surface area contributed by atoms with Gasteiger partial charge in [-0.25, -0.2) is 4.98 Å². The Morgan fingerprint density at radius 2 is 2.31 bits per heavy atom. The first kappa shape index (κ1) is 12.3. The molecule has 1 aromatic rings. The molecule has 5 nitrogen and oxygen atoms in total. The van der Waals surface area contributed by atoms with Gasteiger partial charge in [0.25, 0.3) is 5.91 Å². The van der Waals surface area contributed by atoms with Crippen molar-refractivity contribution in [3.8, 4) is 5.75 Å². The molecule has 0 bridgehead atoms. The second-order valence-corrected chi connectivity index (χ2v) is 3.34. The Labute approximate surface area is 95.4 Å². The van der Waals surface area contributed by atoms with Crippen LogP contribution in [0.2, 0.25) is 0 Å². The lowest BCUT2D eigenvalue weighted by molar-refractivity contribution is 0.0801. The van der Waals surface area contributed by atoms with Crippen molar-refractivity contribution in [1.82, 2.24) is 9.88 Å². The van der Waals surface area contributed by atoms with Gasteiger partial charge in [0.05, 0.1) is 12.7 Å². The lowest BCUT2D eigenvalue weighted by Gasteiger charge is -2.15. The predicted octanol–water partition coefficient (Wildman–Crippen LogP) is 1.22. The minimum Gasteiger partial charge on any atom is -0.493 e. The SMILES string of the molecule is CCN(C)C(=O)c1cnc(NC)c(OC)c1. The standard InChI is InChI=1S/C11H17N3O2/c1-5-14(3)11(15)8-6-9(16-4)10(12-2)13-7-8/h6-7H,5H2,1-4H3,(H,12,13). The number of ether oxygens (including phenoxy) is 1. The summed E-state index contributed by atoms with van der Waals surface area (Å²) in [6.07, 6.45) is 1.54. The smallest absolute Gasteiger partial charge is 0.255 e. The Hall–Kier alpha value is -1.78. The van der Waals surface area contributed by atoms with E-state index in [9.17, 15) is 4.79 Å². The number of nitrogens with one attached hydrogen (secondary N) is 1. The molecule has 5 heteroatoms. The number of pyridine rings is 1. The molecule has 1 aromatic heterocycles. The van der Waals surface area contributed by atoms with Gasteiger partial charge in [0, 0.05) is 26.8 Å². The van der Waals surface area contributed by atoms with Gasteiger partial charge >= 0.3 is 0 Å². The van der Waals surface area contributed by atoms with E-state index < -0.39 is 0 Å². The quantitative estimate of drug-likeness (QED) is 0.834. The van der Waals surface area contributed by atoms with E-state index in [1.54, 1.807) is 38.4 Å². The van der Waals surface area contributed by atoms with Crippen LogP contribution in [0.1, 0.15) is 17.3 Å². The van der Waals surface area contributed by atoms with E-state index in [1.165, 1.54) is 0 Å². The van der Waals surface area contributed by atoms with Gasteiger partial charge in [-0.2, -0.15) is 0 Å². The van der Waals surface area contributed by atoms with Gasteiger partial charge in [0.2, 0.25) is 0 Å². The Balaban J connectivity index is 3.03. The summed E-state index contributed by atoms with van der Waals surface area (Å²) >= 11 is 0. The topological polar surface area (TPSA) is 54.5 Å². The molecule has 0 aliphatic rings. The van der Waals surface area contributed by atoms with Gasteiger partial charge in [-0.3, -0.25) is 4.79 Å². The van der Waals surface area contributed by atoms with E-state index >= 15 is 0 Å². The molecule has 0 aromatic carbocycles. The molecule has 0 spiro atoms. The molecule has 0 aliphatic carbocycles. The highest BCUT2D eigenvalue weighted by Gasteiger charge is 2.13. The summed E-state index contributed by atoms with van der Waals surface area (Å²) in [5.41, 5.74) is 0.528. The summed E-state index contributed by atoms with van der Waals surface area (Å²) in [5, 5.41) is 2.89. The minimum absolute atomic E-state index is 0.0593. The van der Waals surface area contributed by atoms with Crippen LogP contribution in [0.15, 0.2) is 12.3 Å². The van der Waals surface area contributed by atoms with Crippen LogP contribution in [0.4, 0.5) is 5.82 Å². The fourth-order valence-corrected chi connectivity index (χ4v) is 1.27. The summed E-state index contributed by atoms with van der Waals surface area (Å²) in [4.78, 5) is 17.6. The highest BCUT2D eigenvalue weighted by molar-refractivity contribution is 5.94. The van der Waals surface area contributed by atoms with Crippen molar-refractivity contribution >= 4 is 11.7 Å². The number of rotatable bonds is 4. The Morgan fingerprint density at radius 1 is 1.62 bits per heavy atom. The van der Waals surface area contributed by atoms with Gasteiger partial charge in [-0.1, -0.05) is 0 Å². The van der Waals surface area contributed by atoms with Gasteiger partial charge in [-0.05, 0) is 13.0 Å². The van der Waals surface area contributed by atoms with Crippen LogP contribution < -0.4 is 10.1 Å². The number of aromatic nitrogens is 1. The molecule has 0 saturated carbocycles. The zero-order chi connectivity index (χ0) is 12.1. The summed E-state index contributed by atoms with van der Waals surface area (Å²) in [5.74, 6) is 1.13. The van der Waals surface area contributed by atoms with E-state index in [0.717, 1.165) is 0 Å². The summed E-state index contributed by atoms with van der Waals surface area (Å²) < 4.78 is 5.14. The van der Waals surface area contributed by atoms with Crippen molar-refractivity contribution in [2.24, 2.45) is 0 Å². The normalized spacial score (nSPS) is 9.75.